The molecule has 0 spiro atoms. The molecule has 4 aliphatic heterocycles. The van der Waals surface area contributed by atoms with Gasteiger partial charge in [0, 0.05) is 89.4 Å². The minimum Gasteiger partial charge on any atom is -0.476 e. The Hall–Kier alpha value is -4.64. The molecule has 392 valence electrons. The van der Waals surface area contributed by atoms with Gasteiger partial charge in [0.15, 0.2) is 11.2 Å². The molecule has 5 amide bonds. The fourth-order valence-corrected chi connectivity index (χ4v) is 9.56. The second kappa shape index (κ2) is 25.1. The first-order chi connectivity index (χ1) is 32.5. The van der Waals surface area contributed by atoms with Crippen molar-refractivity contribution in [3.8, 4) is 11.5 Å². The van der Waals surface area contributed by atoms with Crippen molar-refractivity contribution in [3.05, 3.63) is 47.5 Å². The molecular formula is C53H83ClN6O10. The molecule has 2 saturated heterocycles. The molecule has 2 aromatic rings. The SMILES string of the molecule is COCCCCN1C(=O)C(C)(C)Oc2ccc(C(=O)N(C(C)C)[C@@H]3CCCN(C(=O)OC(C)(C)C)C3)cc21.COCCCCN1C(=O)C(C)(C)Oc2ccc(C(=O)N(C(C)C)[C@@H]3CCCNC3)cc21.Cl. The molecule has 0 saturated carbocycles. The third-order valence-electron chi connectivity index (χ3n) is 12.9. The molecule has 2 atom stereocenters. The molecule has 4 heterocycles. The predicted octanol–water partition coefficient (Wildman–Crippen LogP) is 8.51. The number of carbonyl (C=O) groups excluding carboxylic acids is 5. The maximum absolute atomic E-state index is 13.9. The molecule has 1 N–H and O–H groups in total. The van der Waals surface area contributed by atoms with Crippen molar-refractivity contribution in [1.82, 2.24) is 20.0 Å². The Bertz CT molecular complexity index is 2100. The molecule has 0 aliphatic carbocycles. The summed E-state index contributed by atoms with van der Waals surface area (Å²) in [6.07, 6.45) is 6.59. The Morgan fingerprint density at radius 3 is 1.60 bits per heavy atom. The van der Waals surface area contributed by atoms with E-state index in [1.165, 1.54) is 0 Å². The first-order valence-corrected chi connectivity index (χ1v) is 25.1. The average Bonchev–Trinajstić information content (AvgIpc) is 3.28. The van der Waals surface area contributed by atoms with E-state index in [9.17, 15) is 24.0 Å². The smallest absolute Gasteiger partial charge is 0.410 e. The molecular weight excluding hydrogens is 916 g/mol. The van der Waals surface area contributed by atoms with Gasteiger partial charge in [-0.05, 0) is 170 Å². The molecule has 4 aliphatic rings. The highest BCUT2D eigenvalue weighted by molar-refractivity contribution is 6.05. The van der Waals surface area contributed by atoms with Crippen LogP contribution in [-0.4, -0.2) is 152 Å². The van der Waals surface area contributed by atoms with E-state index in [2.05, 4.69) is 19.2 Å². The number of piperidine rings is 2. The largest absolute Gasteiger partial charge is 0.476 e. The van der Waals surface area contributed by atoms with E-state index in [0.29, 0.717) is 73.4 Å². The standard InChI is InChI=1S/C29H45N3O6.C24H37N3O4.ClH/c1-20(2)32(22-12-11-15-30(19-22)27(35)38-28(3,4)5)25(33)21-13-14-24-23(18-21)31(16-9-10-17-36-8)26(34)29(6,7)37-24;1-17(2)27(19-9-8-12-25-16-19)22(28)18-10-11-21-20(15-18)26(13-6-7-14-30-5)23(29)24(3,4)31-21;/h13-14,18,20,22H,9-12,15-17,19H2,1-8H3;10-11,15,17,19,25H,6-9,12-14,16H2,1-5H3;1H/t22-;19-;/m11./s1. The molecule has 2 aromatic carbocycles. The van der Waals surface area contributed by atoms with Crippen LogP contribution in [0.3, 0.4) is 0 Å². The van der Waals surface area contributed by atoms with Crippen LogP contribution in [0.4, 0.5) is 16.2 Å². The van der Waals surface area contributed by atoms with Crippen molar-refractivity contribution in [2.24, 2.45) is 0 Å². The highest BCUT2D eigenvalue weighted by Gasteiger charge is 2.43. The second-order valence-electron chi connectivity index (χ2n) is 21.2. The van der Waals surface area contributed by atoms with Gasteiger partial charge in [-0.25, -0.2) is 4.79 Å². The summed E-state index contributed by atoms with van der Waals surface area (Å²) >= 11 is 0. The number of likely N-dealkylation sites (tertiary alicyclic amines) is 1. The van der Waals surface area contributed by atoms with Gasteiger partial charge in [0.25, 0.3) is 23.6 Å². The molecule has 0 radical (unpaired) electrons. The summed E-state index contributed by atoms with van der Waals surface area (Å²) in [6.45, 7) is 26.0. The molecule has 16 nitrogen and oxygen atoms in total. The lowest BCUT2D eigenvalue weighted by molar-refractivity contribution is -0.133. The van der Waals surface area contributed by atoms with Crippen molar-refractivity contribution in [2.45, 2.75) is 168 Å². The topological polar surface area (TPSA) is 160 Å². The number of unbranched alkanes of at least 4 members (excludes halogenated alkanes) is 2. The number of ether oxygens (including phenoxy) is 5. The fourth-order valence-electron chi connectivity index (χ4n) is 9.56. The van der Waals surface area contributed by atoms with Gasteiger partial charge in [-0.15, -0.1) is 12.4 Å². The average molecular weight is 1000 g/mol. The van der Waals surface area contributed by atoms with E-state index in [-0.39, 0.29) is 66.3 Å². The summed E-state index contributed by atoms with van der Waals surface area (Å²) in [5.41, 5.74) is -0.127. The quantitative estimate of drug-likeness (QED) is 0.161. The maximum atomic E-state index is 13.9. The Kier molecular flexibility index (Phi) is 20.8. The van der Waals surface area contributed by atoms with Crippen LogP contribution in [0.1, 0.15) is 148 Å². The van der Waals surface area contributed by atoms with Crippen molar-refractivity contribution >= 4 is 53.5 Å². The molecule has 6 rings (SSSR count). The third-order valence-corrected chi connectivity index (χ3v) is 12.9. The van der Waals surface area contributed by atoms with Gasteiger partial charge >= 0.3 is 6.09 Å². The number of amides is 5. The summed E-state index contributed by atoms with van der Waals surface area (Å²) in [4.78, 5) is 75.6. The Morgan fingerprint density at radius 1 is 0.729 bits per heavy atom. The summed E-state index contributed by atoms with van der Waals surface area (Å²) in [7, 11) is 3.34. The van der Waals surface area contributed by atoms with Crippen LogP contribution in [0.5, 0.6) is 11.5 Å². The minimum absolute atomic E-state index is 0. The Balaban J connectivity index is 0.000000306. The van der Waals surface area contributed by atoms with E-state index in [1.807, 2.05) is 62.6 Å². The van der Waals surface area contributed by atoms with Crippen LogP contribution < -0.4 is 24.6 Å². The number of nitrogens with zero attached hydrogens (tertiary/aromatic N) is 5. The highest BCUT2D eigenvalue weighted by atomic mass is 35.5. The van der Waals surface area contributed by atoms with Gasteiger partial charge in [0.2, 0.25) is 0 Å². The summed E-state index contributed by atoms with van der Waals surface area (Å²) in [5, 5.41) is 3.40. The second-order valence-corrected chi connectivity index (χ2v) is 21.2. The lowest BCUT2D eigenvalue weighted by Crippen LogP contribution is -2.54. The lowest BCUT2D eigenvalue weighted by atomic mass is 9.99. The van der Waals surface area contributed by atoms with E-state index in [4.69, 9.17) is 23.7 Å². The van der Waals surface area contributed by atoms with Crippen LogP contribution in [0, 0.1) is 0 Å². The van der Waals surface area contributed by atoms with Crippen molar-refractivity contribution < 1.29 is 47.7 Å². The predicted molar refractivity (Wildman–Crippen MR) is 276 cm³/mol. The number of methoxy groups -OCH3 is 2. The molecule has 0 aromatic heterocycles. The van der Waals surface area contributed by atoms with Crippen molar-refractivity contribution in [2.75, 3.05) is 76.5 Å². The van der Waals surface area contributed by atoms with Crippen LogP contribution >= 0.6 is 12.4 Å². The first-order valence-electron chi connectivity index (χ1n) is 25.1. The molecule has 0 bridgehead atoms. The minimum atomic E-state index is -0.989. The molecule has 70 heavy (non-hydrogen) atoms. The van der Waals surface area contributed by atoms with E-state index < -0.39 is 16.8 Å². The molecule has 17 heteroatoms. The zero-order chi connectivity index (χ0) is 50.8. The number of anilines is 2. The summed E-state index contributed by atoms with van der Waals surface area (Å²) in [5.74, 6) is 0.886. The molecule has 2 fully saturated rings. The van der Waals surface area contributed by atoms with Crippen molar-refractivity contribution in [3.63, 3.8) is 0 Å². The Morgan fingerprint density at radius 2 is 1.19 bits per heavy atom. The normalized spacial score (nSPS) is 19.4. The van der Waals surface area contributed by atoms with Crippen LogP contribution in [0.15, 0.2) is 36.4 Å². The van der Waals surface area contributed by atoms with Gasteiger partial charge < -0.3 is 53.5 Å². The fraction of sp³-hybridized carbons (Fsp3) is 0.679. The van der Waals surface area contributed by atoms with Gasteiger partial charge in [-0.3, -0.25) is 19.2 Å². The number of hydrogen-bond donors (Lipinski definition) is 1. The number of carbonyl (C=O) groups is 5. The summed E-state index contributed by atoms with van der Waals surface area (Å²) in [6, 6.07) is 10.8. The lowest BCUT2D eigenvalue weighted by Gasteiger charge is -2.42. The number of benzene rings is 2. The number of halogens is 1. The van der Waals surface area contributed by atoms with Gasteiger partial charge in [-0.2, -0.15) is 0 Å². The Labute approximate surface area is 423 Å². The summed E-state index contributed by atoms with van der Waals surface area (Å²) < 4.78 is 27.9. The molecule has 0 unspecified atom stereocenters. The van der Waals surface area contributed by atoms with E-state index in [1.54, 1.807) is 74.8 Å². The van der Waals surface area contributed by atoms with Gasteiger partial charge in [0.1, 0.15) is 17.1 Å². The zero-order valence-electron chi connectivity index (χ0n) is 44.3. The van der Waals surface area contributed by atoms with E-state index in [0.717, 1.165) is 64.5 Å². The van der Waals surface area contributed by atoms with Crippen LogP contribution in [-0.2, 0) is 23.8 Å². The monoisotopic (exact) mass is 999 g/mol. The number of hydrogen-bond acceptors (Lipinski definition) is 11. The number of fused-ring (bicyclic) bond motifs is 2. The van der Waals surface area contributed by atoms with Crippen LogP contribution in [0.25, 0.3) is 0 Å². The van der Waals surface area contributed by atoms with Crippen molar-refractivity contribution in [1.29, 1.82) is 0 Å². The number of rotatable bonds is 16. The first kappa shape index (κ1) is 57.9. The van der Waals surface area contributed by atoms with E-state index >= 15 is 0 Å². The highest BCUT2D eigenvalue weighted by Crippen LogP contribution is 2.41. The van der Waals surface area contributed by atoms with Crippen LogP contribution in [0.2, 0.25) is 0 Å². The zero-order valence-corrected chi connectivity index (χ0v) is 45.1. The maximum Gasteiger partial charge on any atom is 0.410 e. The third kappa shape index (κ3) is 14.5. The number of nitrogens with one attached hydrogen (secondary N) is 1. The van der Waals surface area contributed by atoms with Gasteiger partial charge in [0.05, 0.1) is 17.4 Å². The van der Waals surface area contributed by atoms with Gasteiger partial charge in [-0.1, -0.05) is 0 Å².